The van der Waals surface area contributed by atoms with E-state index >= 15 is 0 Å². The number of tetrazole rings is 1. The lowest BCUT2D eigenvalue weighted by Crippen LogP contribution is -2.41. The van der Waals surface area contributed by atoms with Crippen LogP contribution in [0.2, 0.25) is 0 Å². The molecule has 3 atom stereocenters. The maximum atomic E-state index is 4.56. The highest BCUT2D eigenvalue weighted by Gasteiger charge is 2.42. The second-order valence-corrected chi connectivity index (χ2v) is 9.70. The standard InChI is InChI=1S/C26H29N8P/c1-20-18-32(22-12-6-3-7-13-22)26(33(20)23-14-8-9-15-24(23)35)34-25(27-28-29-34)31-17-16-30(19-31)21-10-4-2-5-11-21/h2-15,20,26H,16-19,35H2,1H3/t20-,26?/m1/s1. The molecule has 0 amide bonds. The van der Waals surface area contributed by atoms with E-state index in [0.29, 0.717) is 0 Å². The maximum Gasteiger partial charge on any atom is 0.250 e. The van der Waals surface area contributed by atoms with Crippen molar-refractivity contribution in [2.75, 3.05) is 45.9 Å². The Morgan fingerprint density at radius 3 is 2.20 bits per heavy atom. The van der Waals surface area contributed by atoms with Crippen molar-refractivity contribution in [1.82, 2.24) is 20.2 Å². The first kappa shape index (κ1) is 21.9. The molecule has 0 bridgehead atoms. The zero-order valence-corrected chi connectivity index (χ0v) is 20.9. The number of anilines is 4. The molecule has 0 spiro atoms. The number of hydrogen-bond donors (Lipinski definition) is 0. The molecule has 4 aromatic rings. The van der Waals surface area contributed by atoms with Gasteiger partial charge in [-0.15, -0.1) is 9.24 Å². The first-order valence-corrected chi connectivity index (χ1v) is 12.6. The van der Waals surface area contributed by atoms with Gasteiger partial charge in [0.1, 0.15) is 0 Å². The minimum absolute atomic E-state index is 0.190. The van der Waals surface area contributed by atoms with E-state index in [1.54, 1.807) is 0 Å². The maximum absolute atomic E-state index is 4.56. The molecule has 0 saturated carbocycles. The van der Waals surface area contributed by atoms with E-state index in [9.17, 15) is 0 Å². The van der Waals surface area contributed by atoms with E-state index in [1.807, 2.05) is 4.68 Å². The van der Waals surface area contributed by atoms with Gasteiger partial charge in [0.2, 0.25) is 6.29 Å². The fraction of sp³-hybridized carbons (Fsp3) is 0.269. The highest BCUT2D eigenvalue weighted by molar-refractivity contribution is 7.28. The summed E-state index contributed by atoms with van der Waals surface area (Å²) in [6.45, 7) is 5.67. The summed E-state index contributed by atoms with van der Waals surface area (Å²) in [5.74, 6) is 0.787. The molecule has 0 N–H and O–H groups in total. The molecule has 9 heteroatoms. The van der Waals surface area contributed by atoms with Gasteiger partial charge in [0.15, 0.2) is 0 Å². The molecule has 3 heterocycles. The molecule has 35 heavy (non-hydrogen) atoms. The summed E-state index contributed by atoms with van der Waals surface area (Å²) in [5.41, 5.74) is 3.54. The van der Waals surface area contributed by atoms with Crippen LogP contribution in [0.25, 0.3) is 0 Å². The van der Waals surface area contributed by atoms with Crippen molar-refractivity contribution < 1.29 is 0 Å². The predicted octanol–water partition coefficient (Wildman–Crippen LogP) is 3.33. The molecular formula is C26H29N8P. The fourth-order valence-corrected chi connectivity index (χ4v) is 5.54. The largest absolute Gasteiger partial charge is 0.352 e. The molecular weight excluding hydrogens is 455 g/mol. The molecule has 6 rings (SSSR count). The zero-order chi connectivity index (χ0) is 23.8. The SMILES string of the molecule is C[C@@H]1CN(c2ccccc2)C(n2nnnc2N2CCN(c3ccccc3)C2)N1c1ccccc1P. The van der Waals surface area contributed by atoms with Crippen molar-refractivity contribution in [2.24, 2.45) is 0 Å². The Morgan fingerprint density at radius 2 is 1.46 bits per heavy atom. The quantitative estimate of drug-likeness (QED) is 0.403. The van der Waals surface area contributed by atoms with Crippen LogP contribution in [0.3, 0.4) is 0 Å². The highest BCUT2D eigenvalue weighted by atomic mass is 31.0. The monoisotopic (exact) mass is 484 g/mol. The molecule has 2 unspecified atom stereocenters. The van der Waals surface area contributed by atoms with Crippen molar-refractivity contribution >= 4 is 37.6 Å². The third-order valence-corrected chi connectivity index (χ3v) is 7.33. The van der Waals surface area contributed by atoms with Gasteiger partial charge in [-0.2, -0.15) is 4.68 Å². The van der Waals surface area contributed by atoms with E-state index in [-0.39, 0.29) is 12.3 Å². The van der Waals surface area contributed by atoms with Crippen LogP contribution in [-0.4, -0.2) is 52.6 Å². The molecule has 1 aromatic heterocycles. The van der Waals surface area contributed by atoms with Gasteiger partial charge in [0.05, 0.1) is 6.67 Å². The fourth-order valence-electron chi connectivity index (χ4n) is 5.19. The van der Waals surface area contributed by atoms with Crippen molar-refractivity contribution in [2.45, 2.75) is 19.3 Å². The molecule has 3 aromatic carbocycles. The van der Waals surface area contributed by atoms with Crippen LogP contribution < -0.4 is 24.9 Å². The van der Waals surface area contributed by atoms with Crippen LogP contribution in [0, 0.1) is 0 Å². The van der Waals surface area contributed by atoms with Crippen LogP contribution in [0.4, 0.5) is 23.0 Å². The molecule has 2 aliphatic rings. The predicted molar refractivity (Wildman–Crippen MR) is 144 cm³/mol. The Kier molecular flexibility index (Phi) is 5.74. The van der Waals surface area contributed by atoms with Crippen molar-refractivity contribution in [3.05, 3.63) is 84.9 Å². The molecule has 0 aliphatic carbocycles. The summed E-state index contributed by atoms with van der Waals surface area (Å²) in [5, 5.41) is 14.4. The lowest BCUT2D eigenvalue weighted by Gasteiger charge is -2.35. The molecule has 2 aliphatic heterocycles. The number of hydrogen-bond acceptors (Lipinski definition) is 7. The minimum atomic E-state index is -0.190. The zero-order valence-electron chi connectivity index (χ0n) is 19.7. The lowest BCUT2D eigenvalue weighted by molar-refractivity contribution is 0.450. The third kappa shape index (κ3) is 3.98. The first-order valence-electron chi connectivity index (χ1n) is 12.0. The van der Waals surface area contributed by atoms with Crippen LogP contribution in [0.5, 0.6) is 0 Å². The van der Waals surface area contributed by atoms with E-state index < -0.39 is 0 Å². The third-order valence-electron chi connectivity index (χ3n) is 6.85. The van der Waals surface area contributed by atoms with Gasteiger partial charge < -0.3 is 19.6 Å². The Bertz CT molecular complexity index is 1280. The summed E-state index contributed by atoms with van der Waals surface area (Å²) in [7, 11) is 2.89. The van der Waals surface area contributed by atoms with Gasteiger partial charge in [-0.3, -0.25) is 0 Å². The average molecular weight is 485 g/mol. The number of aromatic nitrogens is 4. The molecule has 2 saturated heterocycles. The topological polar surface area (TPSA) is 56.6 Å². The second-order valence-electron chi connectivity index (χ2n) is 9.08. The summed E-state index contributed by atoms with van der Waals surface area (Å²) < 4.78 is 1.99. The Balaban J connectivity index is 1.39. The van der Waals surface area contributed by atoms with Crippen LogP contribution in [0.15, 0.2) is 84.9 Å². The number of benzene rings is 3. The molecule has 0 radical (unpaired) electrons. The number of para-hydroxylation sites is 3. The van der Waals surface area contributed by atoms with E-state index in [4.69, 9.17) is 0 Å². The number of nitrogens with zero attached hydrogens (tertiary/aromatic N) is 8. The van der Waals surface area contributed by atoms with Gasteiger partial charge >= 0.3 is 0 Å². The van der Waals surface area contributed by atoms with Gasteiger partial charge in [0, 0.05) is 42.7 Å². The van der Waals surface area contributed by atoms with Crippen molar-refractivity contribution in [3.63, 3.8) is 0 Å². The summed E-state index contributed by atoms with van der Waals surface area (Å²) in [6.07, 6.45) is -0.190. The second kappa shape index (κ2) is 9.19. The van der Waals surface area contributed by atoms with Crippen LogP contribution in [0.1, 0.15) is 13.2 Å². The van der Waals surface area contributed by atoms with Gasteiger partial charge in [0.25, 0.3) is 5.95 Å². The smallest absolute Gasteiger partial charge is 0.250 e. The molecule has 2 fully saturated rings. The molecule has 178 valence electrons. The van der Waals surface area contributed by atoms with Gasteiger partial charge in [-0.25, -0.2) is 0 Å². The minimum Gasteiger partial charge on any atom is -0.352 e. The lowest BCUT2D eigenvalue weighted by atomic mass is 10.2. The Hall–Kier alpha value is -3.64. The first-order chi connectivity index (χ1) is 17.2. The summed E-state index contributed by atoms with van der Waals surface area (Å²) in [6, 6.07) is 29.8. The highest BCUT2D eigenvalue weighted by Crippen LogP contribution is 2.38. The normalized spacial score (nSPS) is 20.2. The van der Waals surface area contributed by atoms with Gasteiger partial charge in [-0.05, 0) is 53.0 Å². The number of rotatable bonds is 5. The summed E-state index contributed by atoms with van der Waals surface area (Å²) in [4.78, 5) is 9.46. The Labute approximate surface area is 207 Å². The van der Waals surface area contributed by atoms with Gasteiger partial charge in [-0.1, -0.05) is 59.7 Å². The van der Waals surface area contributed by atoms with E-state index in [0.717, 1.165) is 43.2 Å². The van der Waals surface area contributed by atoms with Crippen molar-refractivity contribution in [1.29, 1.82) is 0 Å². The van der Waals surface area contributed by atoms with Crippen LogP contribution >= 0.6 is 9.24 Å². The Morgan fingerprint density at radius 1 is 0.800 bits per heavy atom. The average Bonchev–Trinajstić information content (AvgIpc) is 3.64. The molecule has 8 nitrogen and oxygen atoms in total. The van der Waals surface area contributed by atoms with Crippen LogP contribution in [-0.2, 0) is 0 Å². The van der Waals surface area contributed by atoms with E-state index in [1.165, 1.54) is 11.4 Å². The van der Waals surface area contributed by atoms with E-state index in [2.05, 4.69) is 136 Å². The summed E-state index contributed by atoms with van der Waals surface area (Å²) >= 11 is 0. The van der Waals surface area contributed by atoms with Crippen molar-refractivity contribution in [3.8, 4) is 0 Å².